The normalized spacial score (nSPS) is 22.8. The Morgan fingerprint density at radius 2 is 2.16 bits per heavy atom. The van der Waals surface area contributed by atoms with Crippen molar-refractivity contribution in [1.29, 1.82) is 0 Å². The predicted octanol–water partition coefficient (Wildman–Crippen LogP) is 3.29. The lowest BCUT2D eigenvalue weighted by molar-refractivity contribution is 0.00890. The van der Waals surface area contributed by atoms with Crippen LogP contribution in [0.5, 0.6) is 0 Å². The summed E-state index contributed by atoms with van der Waals surface area (Å²) in [5.74, 6) is 1.73. The van der Waals surface area contributed by atoms with Crippen LogP contribution in [0.25, 0.3) is 0 Å². The number of hydrogen-bond donors (Lipinski definition) is 0. The highest BCUT2D eigenvalue weighted by Crippen LogP contribution is 2.49. The smallest absolute Gasteiger partial charge is 0.263 e. The standard InChI is InChI=1S/C18H23N3O3S/c1-12(2)15-19-20-16(24-15)13-10-21(17(22)14-4-3-9-25-14)11-18(13)5-7-23-8-6-18/h3-4,9,12-13H,5-8,10-11H2,1-2H3. The zero-order chi connectivity index (χ0) is 17.4. The first-order valence-electron chi connectivity index (χ1n) is 8.83. The molecule has 0 aromatic carbocycles. The summed E-state index contributed by atoms with van der Waals surface area (Å²) in [6, 6.07) is 3.81. The molecule has 4 heterocycles. The number of rotatable bonds is 3. The molecule has 0 bridgehead atoms. The highest BCUT2D eigenvalue weighted by atomic mass is 32.1. The maximum Gasteiger partial charge on any atom is 0.263 e. The SMILES string of the molecule is CC(C)c1nnc(C2CN(C(=O)c3cccs3)CC23CCOCC3)o1. The molecule has 2 aliphatic rings. The molecule has 4 rings (SSSR count). The van der Waals surface area contributed by atoms with E-state index in [1.807, 2.05) is 36.3 Å². The first-order valence-corrected chi connectivity index (χ1v) is 9.71. The lowest BCUT2D eigenvalue weighted by Crippen LogP contribution is -2.37. The minimum absolute atomic E-state index is 0.0219. The molecule has 2 aromatic rings. The average molecular weight is 361 g/mol. The van der Waals surface area contributed by atoms with Crippen molar-refractivity contribution in [3.63, 3.8) is 0 Å². The zero-order valence-corrected chi connectivity index (χ0v) is 15.4. The van der Waals surface area contributed by atoms with Crippen molar-refractivity contribution in [1.82, 2.24) is 15.1 Å². The minimum atomic E-state index is -0.0219. The number of thiophene rings is 1. The quantitative estimate of drug-likeness (QED) is 0.839. The van der Waals surface area contributed by atoms with Crippen molar-refractivity contribution < 1.29 is 13.9 Å². The molecule has 0 radical (unpaired) electrons. The van der Waals surface area contributed by atoms with E-state index in [0.29, 0.717) is 18.3 Å². The van der Waals surface area contributed by atoms with Crippen molar-refractivity contribution in [2.24, 2.45) is 5.41 Å². The van der Waals surface area contributed by atoms with Gasteiger partial charge >= 0.3 is 0 Å². The molecular formula is C18H23N3O3S. The monoisotopic (exact) mass is 361 g/mol. The molecular weight excluding hydrogens is 338 g/mol. The van der Waals surface area contributed by atoms with Crippen molar-refractivity contribution in [3.05, 3.63) is 34.2 Å². The van der Waals surface area contributed by atoms with Gasteiger partial charge in [-0.3, -0.25) is 4.79 Å². The van der Waals surface area contributed by atoms with Crippen molar-refractivity contribution >= 4 is 17.2 Å². The summed E-state index contributed by atoms with van der Waals surface area (Å²) in [6.07, 6.45) is 1.84. The van der Waals surface area contributed by atoms with Crippen LogP contribution in [0.3, 0.4) is 0 Å². The topological polar surface area (TPSA) is 68.5 Å². The van der Waals surface area contributed by atoms with Crippen LogP contribution in [0.4, 0.5) is 0 Å². The molecule has 0 saturated carbocycles. The summed E-state index contributed by atoms with van der Waals surface area (Å²) < 4.78 is 11.6. The van der Waals surface area contributed by atoms with Crippen molar-refractivity contribution in [3.8, 4) is 0 Å². The van der Waals surface area contributed by atoms with E-state index in [9.17, 15) is 4.79 Å². The van der Waals surface area contributed by atoms with E-state index in [1.165, 1.54) is 11.3 Å². The molecule has 1 amide bonds. The highest BCUT2D eigenvalue weighted by Gasteiger charge is 2.51. The predicted molar refractivity (Wildman–Crippen MR) is 93.8 cm³/mol. The van der Waals surface area contributed by atoms with E-state index < -0.39 is 0 Å². The van der Waals surface area contributed by atoms with Gasteiger partial charge in [0, 0.05) is 37.6 Å². The van der Waals surface area contributed by atoms with Gasteiger partial charge in [0.15, 0.2) is 0 Å². The maximum absolute atomic E-state index is 12.9. The van der Waals surface area contributed by atoms with Crippen LogP contribution in [0.1, 0.15) is 60.0 Å². The summed E-state index contributed by atoms with van der Waals surface area (Å²) in [7, 11) is 0. The second-order valence-electron chi connectivity index (χ2n) is 7.32. The molecule has 25 heavy (non-hydrogen) atoms. The fourth-order valence-corrected chi connectivity index (χ4v) is 4.62. The van der Waals surface area contributed by atoms with Gasteiger partial charge in [0.25, 0.3) is 5.91 Å². The molecule has 2 aromatic heterocycles. The van der Waals surface area contributed by atoms with Gasteiger partial charge in [-0.2, -0.15) is 0 Å². The lowest BCUT2D eigenvalue weighted by atomic mass is 9.72. The third-order valence-corrected chi connectivity index (χ3v) is 6.26. The van der Waals surface area contributed by atoms with Gasteiger partial charge in [-0.15, -0.1) is 21.5 Å². The Balaban J connectivity index is 1.64. The van der Waals surface area contributed by atoms with Gasteiger partial charge in [-0.1, -0.05) is 19.9 Å². The van der Waals surface area contributed by atoms with Crippen LogP contribution >= 0.6 is 11.3 Å². The molecule has 6 nitrogen and oxygen atoms in total. The molecule has 2 saturated heterocycles. The lowest BCUT2D eigenvalue weighted by Gasteiger charge is -2.36. The average Bonchev–Trinajstić information content (AvgIpc) is 3.35. The molecule has 1 atom stereocenters. The summed E-state index contributed by atoms with van der Waals surface area (Å²) in [5.41, 5.74) is -0.0219. The fraction of sp³-hybridized carbons (Fsp3) is 0.611. The van der Waals surface area contributed by atoms with E-state index in [-0.39, 0.29) is 23.2 Å². The Labute approximate surface area is 151 Å². The zero-order valence-electron chi connectivity index (χ0n) is 14.6. The first-order chi connectivity index (χ1) is 12.1. The van der Waals surface area contributed by atoms with Gasteiger partial charge in [0.05, 0.1) is 10.8 Å². The molecule has 0 N–H and O–H groups in total. The Morgan fingerprint density at radius 3 is 2.80 bits per heavy atom. The van der Waals surface area contributed by atoms with Gasteiger partial charge in [0.2, 0.25) is 11.8 Å². The molecule has 134 valence electrons. The van der Waals surface area contributed by atoms with E-state index in [0.717, 1.165) is 37.5 Å². The fourth-order valence-electron chi connectivity index (χ4n) is 3.92. The Kier molecular flexibility index (Phi) is 4.37. The number of aromatic nitrogens is 2. The van der Waals surface area contributed by atoms with Crippen LogP contribution in [0, 0.1) is 5.41 Å². The summed E-state index contributed by atoms with van der Waals surface area (Å²) in [4.78, 5) is 15.6. The van der Waals surface area contributed by atoms with Crippen LogP contribution in [0.15, 0.2) is 21.9 Å². The molecule has 1 spiro atoms. The second kappa shape index (κ2) is 6.53. The van der Waals surface area contributed by atoms with E-state index in [2.05, 4.69) is 10.2 Å². The first kappa shape index (κ1) is 16.7. The molecule has 2 fully saturated rings. The summed E-state index contributed by atoms with van der Waals surface area (Å²) in [6.45, 7) is 6.91. The summed E-state index contributed by atoms with van der Waals surface area (Å²) in [5, 5.41) is 10.5. The van der Waals surface area contributed by atoms with Crippen molar-refractivity contribution in [2.75, 3.05) is 26.3 Å². The molecule has 7 heteroatoms. The van der Waals surface area contributed by atoms with E-state index in [1.54, 1.807) is 0 Å². The van der Waals surface area contributed by atoms with Crippen LogP contribution in [-0.4, -0.2) is 47.3 Å². The Morgan fingerprint density at radius 1 is 1.36 bits per heavy atom. The minimum Gasteiger partial charge on any atom is -0.425 e. The third-order valence-electron chi connectivity index (χ3n) is 5.40. The van der Waals surface area contributed by atoms with Gasteiger partial charge in [-0.05, 0) is 24.3 Å². The van der Waals surface area contributed by atoms with E-state index in [4.69, 9.17) is 9.15 Å². The summed E-state index contributed by atoms with van der Waals surface area (Å²) >= 11 is 1.49. The number of likely N-dealkylation sites (tertiary alicyclic amines) is 1. The number of ether oxygens (including phenoxy) is 1. The van der Waals surface area contributed by atoms with Crippen LogP contribution < -0.4 is 0 Å². The van der Waals surface area contributed by atoms with Crippen LogP contribution in [-0.2, 0) is 4.74 Å². The maximum atomic E-state index is 12.9. The van der Waals surface area contributed by atoms with Gasteiger partial charge < -0.3 is 14.1 Å². The number of carbonyl (C=O) groups excluding carboxylic acids is 1. The Hall–Kier alpha value is -1.73. The molecule has 1 unspecified atom stereocenters. The highest BCUT2D eigenvalue weighted by molar-refractivity contribution is 7.12. The van der Waals surface area contributed by atoms with Gasteiger partial charge in [-0.25, -0.2) is 0 Å². The largest absolute Gasteiger partial charge is 0.425 e. The number of amides is 1. The second-order valence-corrected chi connectivity index (χ2v) is 8.27. The third kappa shape index (κ3) is 3.00. The van der Waals surface area contributed by atoms with Crippen molar-refractivity contribution in [2.45, 2.75) is 38.5 Å². The Bertz CT molecular complexity index is 735. The number of nitrogens with zero attached hydrogens (tertiary/aromatic N) is 3. The van der Waals surface area contributed by atoms with E-state index >= 15 is 0 Å². The number of carbonyl (C=O) groups is 1. The number of hydrogen-bond acceptors (Lipinski definition) is 6. The van der Waals surface area contributed by atoms with Gasteiger partial charge in [0.1, 0.15) is 0 Å². The molecule has 2 aliphatic heterocycles. The van der Waals surface area contributed by atoms with Crippen LogP contribution in [0.2, 0.25) is 0 Å². The molecule has 0 aliphatic carbocycles.